The van der Waals surface area contributed by atoms with E-state index in [1.165, 1.54) is 24.3 Å². The van der Waals surface area contributed by atoms with Crippen LogP contribution in [0.25, 0.3) is 6.08 Å². The normalized spacial score (nSPS) is 15.6. The van der Waals surface area contributed by atoms with Crippen LogP contribution in [0, 0.1) is 6.92 Å². The molecule has 0 N–H and O–H groups in total. The second-order valence-electron chi connectivity index (χ2n) is 4.71. The Kier molecular flexibility index (Phi) is 2.83. The van der Waals surface area contributed by atoms with Crippen LogP contribution in [0.15, 0.2) is 40.3 Å². The van der Waals surface area contributed by atoms with Crippen molar-refractivity contribution in [1.82, 2.24) is 0 Å². The number of aryl methyl sites for hydroxylation is 1. The van der Waals surface area contributed by atoms with Gasteiger partial charge >= 0.3 is 0 Å². The summed E-state index contributed by atoms with van der Waals surface area (Å²) in [7, 11) is 0. The molecule has 0 radical (unpaired) electrons. The molecule has 21 heavy (non-hydrogen) atoms. The number of hydrogen-bond acceptors (Lipinski definition) is 5. The zero-order chi connectivity index (χ0) is 15.1. The maximum Gasteiger partial charge on any atom is 0.197 e. The van der Waals surface area contributed by atoms with Gasteiger partial charge in [0.25, 0.3) is 0 Å². The standard InChI is InChI=1S/C16H10O5/c1-8-2-4-10(21-8)7-13-14(17)11-5-3-9(16(19)20)6-12(11)15(13)18/h2-7H,1H3,(H,19,20)/p-1/b13-7+. The van der Waals surface area contributed by atoms with Crippen LogP contribution in [-0.2, 0) is 0 Å². The number of carbonyl (C=O) groups is 3. The first-order valence-corrected chi connectivity index (χ1v) is 6.20. The molecule has 0 bridgehead atoms. The summed E-state index contributed by atoms with van der Waals surface area (Å²) in [5.41, 5.74) is 0.107. The molecule has 104 valence electrons. The number of benzene rings is 1. The number of hydrogen-bond donors (Lipinski definition) is 0. The van der Waals surface area contributed by atoms with E-state index in [2.05, 4.69) is 0 Å². The van der Waals surface area contributed by atoms with Gasteiger partial charge in [-0.2, -0.15) is 0 Å². The molecule has 5 heteroatoms. The van der Waals surface area contributed by atoms with E-state index in [0.717, 1.165) is 0 Å². The first-order chi connectivity index (χ1) is 9.97. The van der Waals surface area contributed by atoms with Gasteiger partial charge < -0.3 is 14.3 Å². The van der Waals surface area contributed by atoms with Crippen LogP contribution in [0.3, 0.4) is 0 Å². The number of carbonyl (C=O) groups excluding carboxylic acids is 3. The summed E-state index contributed by atoms with van der Waals surface area (Å²) in [4.78, 5) is 35.3. The lowest BCUT2D eigenvalue weighted by Crippen LogP contribution is -2.22. The minimum atomic E-state index is -1.39. The van der Waals surface area contributed by atoms with Crippen molar-refractivity contribution in [3.05, 3.63) is 64.1 Å². The summed E-state index contributed by atoms with van der Waals surface area (Å²) < 4.78 is 5.32. The Morgan fingerprint density at radius 3 is 2.43 bits per heavy atom. The molecule has 0 saturated heterocycles. The van der Waals surface area contributed by atoms with Gasteiger partial charge in [-0.15, -0.1) is 0 Å². The predicted octanol–water partition coefficient (Wildman–Crippen LogP) is 1.41. The summed E-state index contributed by atoms with van der Waals surface area (Å²) in [6.07, 6.45) is 1.37. The van der Waals surface area contributed by atoms with E-state index in [-0.39, 0.29) is 22.3 Å². The van der Waals surface area contributed by atoms with Crippen LogP contribution >= 0.6 is 0 Å². The second kappa shape index (κ2) is 4.56. The van der Waals surface area contributed by atoms with Crippen molar-refractivity contribution in [2.24, 2.45) is 0 Å². The Bertz CT molecular complexity index is 823. The van der Waals surface area contributed by atoms with E-state index in [9.17, 15) is 19.5 Å². The maximum absolute atomic E-state index is 12.2. The molecule has 0 spiro atoms. The highest BCUT2D eigenvalue weighted by Gasteiger charge is 2.33. The van der Waals surface area contributed by atoms with Gasteiger partial charge in [-0.05, 0) is 42.8 Å². The molecule has 1 heterocycles. The number of ketones is 2. The Morgan fingerprint density at radius 2 is 1.81 bits per heavy atom. The Hall–Kier alpha value is -2.95. The Morgan fingerprint density at radius 1 is 1.10 bits per heavy atom. The van der Waals surface area contributed by atoms with E-state index in [1.54, 1.807) is 19.1 Å². The third kappa shape index (κ3) is 2.08. The quantitative estimate of drug-likeness (QED) is 0.613. The Labute approximate surface area is 119 Å². The molecule has 2 aromatic rings. The lowest BCUT2D eigenvalue weighted by molar-refractivity contribution is -0.255. The number of aromatic carboxylic acids is 1. The Balaban J connectivity index is 2.08. The number of Topliss-reactive ketones (excluding diaryl/α,β-unsaturated/α-hetero) is 2. The average Bonchev–Trinajstić information content (AvgIpc) is 2.96. The molecule has 0 amide bonds. The van der Waals surface area contributed by atoms with E-state index in [0.29, 0.717) is 11.5 Å². The summed E-state index contributed by atoms with van der Waals surface area (Å²) >= 11 is 0. The van der Waals surface area contributed by atoms with Gasteiger partial charge in [-0.3, -0.25) is 9.59 Å². The van der Waals surface area contributed by atoms with Gasteiger partial charge in [0.05, 0.1) is 11.5 Å². The fourth-order valence-corrected chi connectivity index (χ4v) is 2.25. The van der Waals surface area contributed by atoms with E-state index < -0.39 is 17.5 Å². The van der Waals surface area contributed by atoms with Gasteiger partial charge in [-0.25, -0.2) is 0 Å². The minimum Gasteiger partial charge on any atom is -0.545 e. The molecule has 0 atom stereocenters. The average molecular weight is 281 g/mol. The third-order valence-electron chi connectivity index (χ3n) is 3.28. The maximum atomic E-state index is 12.2. The number of fused-ring (bicyclic) bond motifs is 1. The van der Waals surface area contributed by atoms with Gasteiger partial charge in [0.15, 0.2) is 11.6 Å². The van der Waals surface area contributed by atoms with E-state index in [4.69, 9.17) is 4.42 Å². The highest BCUT2D eigenvalue weighted by atomic mass is 16.4. The molecule has 0 aliphatic heterocycles. The number of carboxylic acids is 1. The van der Waals surface area contributed by atoms with Crippen LogP contribution < -0.4 is 5.11 Å². The van der Waals surface area contributed by atoms with Gasteiger partial charge in [-0.1, -0.05) is 6.07 Å². The first-order valence-electron chi connectivity index (χ1n) is 6.20. The zero-order valence-electron chi connectivity index (χ0n) is 11.0. The van der Waals surface area contributed by atoms with Gasteiger partial charge in [0, 0.05) is 11.1 Å². The summed E-state index contributed by atoms with van der Waals surface area (Å²) in [5, 5.41) is 10.8. The van der Waals surface area contributed by atoms with Crippen LogP contribution in [0.1, 0.15) is 42.6 Å². The molecule has 0 unspecified atom stereocenters. The van der Waals surface area contributed by atoms with Crippen LogP contribution in [0.5, 0.6) is 0 Å². The topological polar surface area (TPSA) is 87.4 Å². The van der Waals surface area contributed by atoms with Crippen molar-refractivity contribution >= 4 is 23.6 Å². The fraction of sp³-hybridized carbons (Fsp3) is 0.0625. The van der Waals surface area contributed by atoms with Crippen molar-refractivity contribution in [3.63, 3.8) is 0 Å². The van der Waals surface area contributed by atoms with Gasteiger partial charge in [0.1, 0.15) is 11.5 Å². The molecule has 0 saturated carbocycles. The second-order valence-corrected chi connectivity index (χ2v) is 4.71. The summed E-state index contributed by atoms with van der Waals surface area (Å²) in [5.74, 6) is -1.27. The number of carboxylic acid groups (broad SMARTS) is 1. The minimum absolute atomic E-state index is 0.0325. The van der Waals surface area contributed by atoms with E-state index in [1.807, 2.05) is 0 Å². The molecular formula is C16H9O5-. The van der Waals surface area contributed by atoms with E-state index >= 15 is 0 Å². The number of rotatable bonds is 2. The van der Waals surface area contributed by atoms with Crippen molar-refractivity contribution in [3.8, 4) is 0 Å². The van der Waals surface area contributed by atoms with Crippen LogP contribution in [0.2, 0.25) is 0 Å². The van der Waals surface area contributed by atoms with Gasteiger partial charge in [0.2, 0.25) is 0 Å². The molecule has 1 aliphatic carbocycles. The van der Waals surface area contributed by atoms with Crippen molar-refractivity contribution in [2.75, 3.05) is 0 Å². The van der Waals surface area contributed by atoms with Crippen molar-refractivity contribution < 1.29 is 23.9 Å². The first kappa shape index (κ1) is 13.1. The number of allylic oxidation sites excluding steroid dienone is 1. The van der Waals surface area contributed by atoms with Crippen molar-refractivity contribution in [2.45, 2.75) is 6.92 Å². The molecule has 1 aromatic heterocycles. The largest absolute Gasteiger partial charge is 0.545 e. The zero-order valence-corrected chi connectivity index (χ0v) is 11.0. The number of furan rings is 1. The molecule has 5 nitrogen and oxygen atoms in total. The van der Waals surface area contributed by atoms with Crippen LogP contribution in [0.4, 0.5) is 0 Å². The fourth-order valence-electron chi connectivity index (χ4n) is 2.25. The molecule has 1 aromatic carbocycles. The van der Waals surface area contributed by atoms with Crippen molar-refractivity contribution in [1.29, 1.82) is 0 Å². The summed E-state index contributed by atoms with van der Waals surface area (Å²) in [6.45, 7) is 1.75. The molecule has 3 rings (SSSR count). The lowest BCUT2D eigenvalue weighted by atomic mass is 10.1. The smallest absolute Gasteiger partial charge is 0.197 e. The highest BCUT2D eigenvalue weighted by Crippen LogP contribution is 2.29. The predicted molar refractivity (Wildman–Crippen MR) is 70.9 cm³/mol. The molecular weight excluding hydrogens is 272 g/mol. The summed E-state index contributed by atoms with van der Waals surface area (Å²) in [6, 6.07) is 7.11. The highest BCUT2D eigenvalue weighted by molar-refractivity contribution is 6.41. The molecule has 1 aliphatic rings. The monoisotopic (exact) mass is 281 g/mol. The third-order valence-corrected chi connectivity index (χ3v) is 3.28. The lowest BCUT2D eigenvalue weighted by Gasteiger charge is -2.03. The van der Waals surface area contributed by atoms with Crippen LogP contribution in [-0.4, -0.2) is 17.5 Å². The molecule has 0 fully saturated rings. The SMILES string of the molecule is Cc1ccc(/C=C2\C(=O)c3ccc(C(=O)[O-])cc3C2=O)o1.